The Hall–Kier alpha value is -3.41. The smallest absolute Gasteiger partial charge is 0.258 e. The highest BCUT2D eigenvalue weighted by Crippen LogP contribution is 2.26. The van der Waals surface area contributed by atoms with Crippen LogP contribution in [-0.4, -0.2) is 23.0 Å². The average molecular weight is 376 g/mol. The Balaban J connectivity index is 1.76. The van der Waals surface area contributed by atoms with Gasteiger partial charge in [0, 0.05) is 18.1 Å². The molecule has 6 nitrogen and oxygen atoms in total. The number of benzene rings is 2. The van der Waals surface area contributed by atoms with Crippen LogP contribution in [0.5, 0.6) is 5.75 Å². The molecule has 1 aromatic heterocycles. The van der Waals surface area contributed by atoms with Gasteiger partial charge in [0.1, 0.15) is 5.75 Å². The van der Waals surface area contributed by atoms with E-state index in [1.807, 2.05) is 39.0 Å². The van der Waals surface area contributed by atoms with E-state index >= 15 is 0 Å². The molecule has 0 radical (unpaired) electrons. The quantitative estimate of drug-likeness (QED) is 0.674. The Morgan fingerprint density at radius 1 is 0.929 bits per heavy atom. The fourth-order valence-electron chi connectivity index (χ4n) is 3.11. The van der Waals surface area contributed by atoms with E-state index in [0.29, 0.717) is 22.9 Å². The van der Waals surface area contributed by atoms with E-state index in [9.17, 15) is 4.79 Å². The van der Waals surface area contributed by atoms with E-state index in [-0.39, 0.29) is 5.91 Å². The van der Waals surface area contributed by atoms with Crippen molar-refractivity contribution in [3.8, 4) is 5.75 Å². The maximum atomic E-state index is 12.5. The van der Waals surface area contributed by atoms with Crippen LogP contribution in [-0.2, 0) is 0 Å². The summed E-state index contributed by atoms with van der Waals surface area (Å²) in [6.07, 6.45) is 3.01. The van der Waals surface area contributed by atoms with Crippen LogP contribution in [0.3, 0.4) is 0 Å². The minimum Gasteiger partial charge on any atom is -0.495 e. The van der Waals surface area contributed by atoms with Crippen molar-refractivity contribution in [1.82, 2.24) is 9.97 Å². The summed E-state index contributed by atoms with van der Waals surface area (Å²) in [5.74, 6) is 0.751. The normalized spacial score (nSPS) is 10.5. The van der Waals surface area contributed by atoms with E-state index in [1.54, 1.807) is 7.11 Å². The summed E-state index contributed by atoms with van der Waals surface area (Å²) in [5.41, 5.74) is 6.43. The number of carbonyl (C=O) groups is 1. The lowest BCUT2D eigenvalue weighted by atomic mass is 10.1. The van der Waals surface area contributed by atoms with Gasteiger partial charge in [0.2, 0.25) is 5.95 Å². The molecule has 1 heterocycles. The maximum Gasteiger partial charge on any atom is 0.258 e. The van der Waals surface area contributed by atoms with Gasteiger partial charge in [-0.1, -0.05) is 23.8 Å². The molecule has 3 aromatic rings. The van der Waals surface area contributed by atoms with E-state index in [4.69, 9.17) is 4.74 Å². The molecule has 3 rings (SSSR count). The van der Waals surface area contributed by atoms with Crippen LogP contribution in [0.1, 0.15) is 32.6 Å². The van der Waals surface area contributed by atoms with Gasteiger partial charge in [-0.25, -0.2) is 9.97 Å². The van der Waals surface area contributed by atoms with Crippen molar-refractivity contribution in [2.75, 3.05) is 17.7 Å². The van der Waals surface area contributed by atoms with Crippen molar-refractivity contribution < 1.29 is 9.53 Å². The zero-order valence-corrected chi connectivity index (χ0v) is 16.8. The number of methoxy groups -OCH3 is 1. The number of anilines is 3. The molecule has 0 aliphatic rings. The van der Waals surface area contributed by atoms with Gasteiger partial charge in [0.25, 0.3) is 5.91 Å². The van der Waals surface area contributed by atoms with Gasteiger partial charge in [0.15, 0.2) is 0 Å². The predicted octanol–water partition coefficient (Wildman–Crippen LogP) is 4.71. The highest BCUT2D eigenvalue weighted by molar-refractivity contribution is 6.04. The second-order valence-corrected chi connectivity index (χ2v) is 6.85. The number of hydrogen-bond donors (Lipinski definition) is 2. The zero-order valence-electron chi connectivity index (χ0n) is 16.8. The molecule has 1 amide bonds. The number of aryl methyl sites for hydroxylation is 4. The van der Waals surface area contributed by atoms with Crippen molar-refractivity contribution in [1.29, 1.82) is 0 Å². The number of rotatable bonds is 5. The molecule has 0 saturated heterocycles. The zero-order chi connectivity index (χ0) is 20.3. The van der Waals surface area contributed by atoms with Gasteiger partial charge in [-0.05, 0) is 56.5 Å². The Kier molecular flexibility index (Phi) is 5.59. The Labute approximate surface area is 165 Å². The Morgan fingerprint density at radius 3 is 2.18 bits per heavy atom. The second-order valence-electron chi connectivity index (χ2n) is 6.85. The molecule has 6 heteroatoms. The van der Waals surface area contributed by atoms with Crippen LogP contribution in [0.25, 0.3) is 0 Å². The minimum absolute atomic E-state index is 0.293. The summed E-state index contributed by atoms with van der Waals surface area (Å²) in [5, 5.41) is 6.08. The summed E-state index contributed by atoms with van der Waals surface area (Å²) in [7, 11) is 1.57. The highest BCUT2D eigenvalue weighted by atomic mass is 16.5. The van der Waals surface area contributed by atoms with Crippen molar-refractivity contribution in [2.24, 2.45) is 0 Å². The van der Waals surface area contributed by atoms with Crippen molar-refractivity contribution >= 4 is 23.2 Å². The number of nitrogens with zero attached hydrogens (tertiary/aromatic N) is 2. The summed E-state index contributed by atoms with van der Waals surface area (Å²) in [6.45, 7) is 8.10. The van der Waals surface area contributed by atoms with Gasteiger partial charge >= 0.3 is 0 Å². The fourth-order valence-corrected chi connectivity index (χ4v) is 3.11. The molecule has 0 saturated carbocycles. The van der Waals surface area contributed by atoms with Gasteiger partial charge in [-0.2, -0.15) is 0 Å². The Morgan fingerprint density at radius 2 is 1.57 bits per heavy atom. The second kappa shape index (κ2) is 8.08. The van der Waals surface area contributed by atoms with E-state index in [1.165, 1.54) is 18.0 Å². The third kappa shape index (κ3) is 4.28. The van der Waals surface area contributed by atoms with E-state index in [0.717, 1.165) is 22.4 Å². The van der Waals surface area contributed by atoms with Crippen LogP contribution in [0.2, 0.25) is 0 Å². The van der Waals surface area contributed by atoms with Crippen LogP contribution >= 0.6 is 0 Å². The number of aromatic nitrogens is 2. The molecule has 2 aromatic carbocycles. The first kappa shape index (κ1) is 19.4. The van der Waals surface area contributed by atoms with Crippen LogP contribution < -0.4 is 15.4 Å². The summed E-state index contributed by atoms with van der Waals surface area (Å²) < 4.78 is 5.30. The molecule has 28 heavy (non-hydrogen) atoms. The topological polar surface area (TPSA) is 76.1 Å². The molecular formula is C22H24N4O2. The summed E-state index contributed by atoms with van der Waals surface area (Å²) >= 11 is 0. The lowest BCUT2D eigenvalue weighted by Gasteiger charge is -2.13. The van der Waals surface area contributed by atoms with Gasteiger partial charge in [-0.15, -0.1) is 0 Å². The van der Waals surface area contributed by atoms with Gasteiger partial charge < -0.3 is 15.4 Å². The molecule has 0 bridgehead atoms. The number of nitrogens with one attached hydrogen (secondary N) is 2. The highest BCUT2D eigenvalue weighted by Gasteiger charge is 2.12. The van der Waals surface area contributed by atoms with Crippen LogP contribution in [0, 0.1) is 27.7 Å². The molecule has 0 fully saturated rings. The third-order valence-corrected chi connectivity index (χ3v) is 4.43. The lowest BCUT2D eigenvalue weighted by Crippen LogP contribution is -2.14. The average Bonchev–Trinajstić information content (AvgIpc) is 2.65. The van der Waals surface area contributed by atoms with Crippen molar-refractivity contribution in [3.05, 3.63) is 70.5 Å². The lowest BCUT2D eigenvalue weighted by molar-refractivity contribution is 0.102. The maximum absolute atomic E-state index is 12.5. The molecule has 0 aliphatic carbocycles. The first-order chi connectivity index (χ1) is 13.4. The first-order valence-electron chi connectivity index (χ1n) is 9.00. The fraction of sp³-hybridized carbons (Fsp3) is 0.227. The first-order valence-corrected chi connectivity index (χ1v) is 9.00. The summed E-state index contributed by atoms with van der Waals surface area (Å²) in [4.78, 5) is 21.1. The SMILES string of the molecule is COc1ccc(C)cc1NC(=O)c1cnc(Nc2c(C)cc(C)cc2C)nc1. The van der Waals surface area contributed by atoms with Gasteiger partial charge in [0.05, 0.1) is 18.4 Å². The Bertz CT molecular complexity index is 991. The van der Waals surface area contributed by atoms with Gasteiger partial charge in [-0.3, -0.25) is 4.79 Å². The monoisotopic (exact) mass is 376 g/mol. The van der Waals surface area contributed by atoms with E-state index in [2.05, 4.69) is 39.7 Å². The predicted molar refractivity (Wildman–Crippen MR) is 112 cm³/mol. The number of hydrogen-bond acceptors (Lipinski definition) is 5. The molecule has 0 unspecified atom stereocenters. The standard InChI is InChI=1S/C22H24N4O2/c1-13-6-7-19(28-5)18(10-13)25-21(27)17-11-23-22(24-12-17)26-20-15(3)8-14(2)9-16(20)4/h6-12H,1-5H3,(H,25,27)(H,23,24,26). The number of amides is 1. The molecular weight excluding hydrogens is 352 g/mol. The largest absolute Gasteiger partial charge is 0.495 e. The molecule has 0 atom stereocenters. The van der Waals surface area contributed by atoms with Crippen LogP contribution in [0.4, 0.5) is 17.3 Å². The van der Waals surface area contributed by atoms with Crippen LogP contribution in [0.15, 0.2) is 42.7 Å². The number of ether oxygens (including phenoxy) is 1. The molecule has 144 valence electrons. The third-order valence-electron chi connectivity index (χ3n) is 4.43. The van der Waals surface area contributed by atoms with Crippen molar-refractivity contribution in [3.63, 3.8) is 0 Å². The minimum atomic E-state index is -0.293. The molecule has 0 spiro atoms. The molecule has 2 N–H and O–H groups in total. The van der Waals surface area contributed by atoms with Crippen molar-refractivity contribution in [2.45, 2.75) is 27.7 Å². The molecule has 0 aliphatic heterocycles. The van der Waals surface area contributed by atoms with E-state index < -0.39 is 0 Å². The number of carbonyl (C=O) groups excluding carboxylic acids is 1. The summed E-state index contributed by atoms with van der Waals surface area (Å²) in [6, 6.07) is 9.81.